The summed E-state index contributed by atoms with van der Waals surface area (Å²) in [6, 6.07) is 13.4. The van der Waals surface area contributed by atoms with Gasteiger partial charge in [0.15, 0.2) is 0 Å². The second-order valence-electron chi connectivity index (χ2n) is 4.51. The first-order chi connectivity index (χ1) is 10.2. The lowest BCUT2D eigenvalue weighted by atomic mass is 10.0. The van der Waals surface area contributed by atoms with Crippen LogP contribution in [-0.2, 0) is 0 Å². The zero-order valence-electron chi connectivity index (χ0n) is 11.3. The molecule has 4 nitrogen and oxygen atoms in total. The molecule has 0 aliphatic heterocycles. The molecular formula is C16H13FN2O2. The molecular weight excluding hydrogens is 271 g/mol. The third-order valence-corrected chi connectivity index (χ3v) is 3.21. The number of benzene rings is 2. The Morgan fingerprint density at radius 1 is 1.00 bits per heavy atom. The van der Waals surface area contributed by atoms with E-state index in [-0.39, 0.29) is 11.7 Å². The van der Waals surface area contributed by atoms with Crippen molar-refractivity contribution in [2.75, 3.05) is 12.8 Å². The van der Waals surface area contributed by atoms with Gasteiger partial charge < -0.3 is 15.0 Å². The standard InChI is InChI=1S/C16H13FN2O2/c1-20-13-8-4-11(5-9-13)15-14(16(18)21-19-15)10-2-6-12(17)7-3-10/h2-9H,18H2,1H3. The number of ether oxygens (including phenoxy) is 1. The molecule has 2 N–H and O–H groups in total. The molecule has 0 amide bonds. The Labute approximate surface area is 120 Å². The van der Waals surface area contributed by atoms with E-state index in [9.17, 15) is 4.39 Å². The predicted octanol–water partition coefficient (Wildman–Crippen LogP) is 3.74. The van der Waals surface area contributed by atoms with Crippen molar-refractivity contribution in [2.45, 2.75) is 0 Å². The minimum absolute atomic E-state index is 0.201. The predicted molar refractivity (Wildman–Crippen MR) is 78.3 cm³/mol. The summed E-state index contributed by atoms with van der Waals surface area (Å²) >= 11 is 0. The van der Waals surface area contributed by atoms with Gasteiger partial charge in [0.1, 0.15) is 17.3 Å². The number of aromatic nitrogens is 1. The third-order valence-electron chi connectivity index (χ3n) is 3.21. The minimum atomic E-state index is -0.306. The summed E-state index contributed by atoms with van der Waals surface area (Å²) in [5.74, 6) is 0.644. The Kier molecular flexibility index (Phi) is 3.31. The van der Waals surface area contributed by atoms with Gasteiger partial charge in [-0.25, -0.2) is 4.39 Å². The van der Waals surface area contributed by atoms with Crippen LogP contribution in [0.5, 0.6) is 5.75 Å². The first-order valence-corrected chi connectivity index (χ1v) is 6.34. The summed E-state index contributed by atoms with van der Waals surface area (Å²) in [5, 5.41) is 4.01. The number of nitrogens with zero attached hydrogens (tertiary/aromatic N) is 1. The van der Waals surface area contributed by atoms with E-state index in [0.29, 0.717) is 11.3 Å². The largest absolute Gasteiger partial charge is 0.497 e. The van der Waals surface area contributed by atoms with Crippen LogP contribution in [0.25, 0.3) is 22.4 Å². The van der Waals surface area contributed by atoms with Gasteiger partial charge in [0.25, 0.3) is 0 Å². The van der Waals surface area contributed by atoms with Gasteiger partial charge in [0, 0.05) is 5.56 Å². The van der Waals surface area contributed by atoms with Gasteiger partial charge in [0.2, 0.25) is 5.88 Å². The number of methoxy groups -OCH3 is 1. The molecule has 0 radical (unpaired) electrons. The highest BCUT2D eigenvalue weighted by molar-refractivity contribution is 5.86. The highest BCUT2D eigenvalue weighted by atomic mass is 19.1. The zero-order valence-corrected chi connectivity index (χ0v) is 11.3. The van der Waals surface area contributed by atoms with Crippen molar-refractivity contribution in [1.29, 1.82) is 0 Å². The van der Waals surface area contributed by atoms with Crippen LogP contribution in [0.4, 0.5) is 10.3 Å². The molecule has 106 valence electrons. The number of hydrogen-bond donors (Lipinski definition) is 1. The summed E-state index contributed by atoms with van der Waals surface area (Å²) in [7, 11) is 1.60. The first-order valence-electron chi connectivity index (χ1n) is 6.34. The monoisotopic (exact) mass is 284 g/mol. The van der Waals surface area contributed by atoms with E-state index in [1.165, 1.54) is 12.1 Å². The minimum Gasteiger partial charge on any atom is -0.497 e. The summed E-state index contributed by atoms with van der Waals surface area (Å²) in [4.78, 5) is 0. The van der Waals surface area contributed by atoms with Crippen LogP contribution in [0.1, 0.15) is 0 Å². The number of hydrogen-bond acceptors (Lipinski definition) is 4. The lowest BCUT2D eigenvalue weighted by Gasteiger charge is -2.04. The molecule has 21 heavy (non-hydrogen) atoms. The Morgan fingerprint density at radius 3 is 2.24 bits per heavy atom. The molecule has 1 aromatic heterocycles. The molecule has 0 spiro atoms. The normalized spacial score (nSPS) is 10.6. The van der Waals surface area contributed by atoms with Crippen molar-refractivity contribution in [1.82, 2.24) is 5.16 Å². The van der Waals surface area contributed by atoms with Crippen LogP contribution < -0.4 is 10.5 Å². The van der Waals surface area contributed by atoms with E-state index in [1.807, 2.05) is 24.3 Å². The molecule has 0 bridgehead atoms. The highest BCUT2D eigenvalue weighted by Crippen LogP contribution is 2.36. The maximum absolute atomic E-state index is 13.1. The lowest BCUT2D eigenvalue weighted by molar-refractivity contribution is 0.415. The number of rotatable bonds is 3. The summed E-state index contributed by atoms with van der Waals surface area (Å²) in [6.45, 7) is 0. The molecule has 0 saturated carbocycles. The van der Waals surface area contributed by atoms with E-state index in [2.05, 4.69) is 5.16 Å². The van der Waals surface area contributed by atoms with E-state index >= 15 is 0 Å². The smallest absolute Gasteiger partial charge is 0.230 e. The fraction of sp³-hybridized carbons (Fsp3) is 0.0625. The van der Waals surface area contributed by atoms with Crippen LogP contribution >= 0.6 is 0 Å². The second-order valence-corrected chi connectivity index (χ2v) is 4.51. The fourth-order valence-corrected chi connectivity index (χ4v) is 2.14. The van der Waals surface area contributed by atoms with Crippen LogP contribution in [0, 0.1) is 5.82 Å². The zero-order chi connectivity index (χ0) is 14.8. The highest BCUT2D eigenvalue weighted by Gasteiger charge is 2.17. The molecule has 0 saturated heterocycles. The Hall–Kier alpha value is -2.82. The van der Waals surface area contributed by atoms with Crippen LogP contribution in [0.15, 0.2) is 53.1 Å². The van der Waals surface area contributed by atoms with Crippen LogP contribution in [-0.4, -0.2) is 12.3 Å². The Balaban J connectivity index is 2.09. The molecule has 0 aliphatic carbocycles. The Bertz CT molecular complexity index is 749. The quantitative estimate of drug-likeness (QED) is 0.796. The third kappa shape index (κ3) is 2.45. The van der Waals surface area contributed by atoms with Gasteiger partial charge >= 0.3 is 0 Å². The summed E-state index contributed by atoms with van der Waals surface area (Å²) in [6.07, 6.45) is 0. The number of halogens is 1. The fourth-order valence-electron chi connectivity index (χ4n) is 2.14. The molecule has 5 heteroatoms. The summed E-state index contributed by atoms with van der Waals surface area (Å²) < 4.78 is 23.3. The van der Waals surface area contributed by atoms with E-state index in [0.717, 1.165) is 16.9 Å². The molecule has 1 heterocycles. The van der Waals surface area contributed by atoms with E-state index in [4.69, 9.17) is 15.0 Å². The molecule has 2 aromatic carbocycles. The Morgan fingerprint density at radius 2 is 1.62 bits per heavy atom. The topological polar surface area (TPSA) is 61.3 Å². The molecule has 0 fully saturated rings. The van der Waals surface area contributed by atoms with Crippen LogP contribution in [0.2, 0.25) is 0 Å². The van der Waals surface area contributed by atoms with Crippen molar-refractivity contribution in [3.05, 3.63) is 54.3 Å². The number of nitrogens with two attached hydrogens (primary N) is 1. The van der Waals surface area contributed by atoms with Crippen molar-refractivity contribution in [2.24, 2.45) is 0 Å². The van der Waals surface area contributed by atoms with Crippen molar-refractivity contribution in [3.8, 4) is 28.1 Å². The van der Waals surface area contributed by atoms with Gasteiger partial charge in [-0.1, -0.05) is 17.3 Å². The second kappa shape index (κ2) is 5.28. The maximum Gasteiger partial charge on any atom is 0.230 e. The molecule has 0 atom stereocenters. The number of anilines is 1. The molecule has 0 unspecified atom stereocenters. The molecule has 3 rings (SSSR count). The molecule has 0 aliphatic rings. The van der Waals surface area contributed by atoms with E-state index in [1.54, 1.807) is 19.2 Å². The molecule has 3 aromatic rings. The van der Waals surface area contributed by atoms with Gasteiger partial charge in [-0.2, -0.15) is 0 Å². The van der Waals surface area contributed by atoms with Gasteiger partial charge in [0.05, 0.1) is 12.7 Å². The van der Waals surface area contributed by atoms with Crippen molar-refractivity contribution >= 4 is 5.88 Å². The first kappa shape index (κ1) is 13.2. The van der Waals surface area contributed by atoms with Crippen LogP contribution in [0.3, 0.4) is 0 Å². The van der Waals surface area contributed by atoms with Gasteiger partial charge in [-0.15, -0.1) is 0 Å². The lowest BCUT2D eigenvalue weighted by Crippen LogP contribution is -1.88. The van der Waals surface area contributed by atoms with Gasteiger partial charge in [-0.3, -0.25) is 0 Å². The van der Waals surface area contributed by atoms with Crippen molar-refractivity contribution in [3.63, 3.8) is 0 Å². The maximum atomic E-state index is 13.1. The number of nitrogen functional groups attached to an aromatic ring is 1. The van der Waals surface area contributed by atoms with Gasteiger partial charge in [-0.05, 0) is 42.0 Å². The van der Waals surface area contributed by atoms with E-state index < -0.39 is 0 Å². The SMILES string of the molecule is COc1ccc(-c2noc(N)c2-c2ccc(F)cc2)cc1. The average molecular weight is 284 g/mol. The summed E-state index contributed by atoms with van der Waals surface area (Å²) in [5.41, 5.74) is 8.72. The van der Waals surface area contributed by atoms with Crippen molar-refractivity contribution < 1.29 is 13.7 Å². The average Bonchev–Trinajstić information content (AvgIpc) is 2.90.